The quantitative estimate of drug-likeness (QED) is 0.761. The monoisotopic (exact) mass is 222 g/mol. The van der Waals surface area contributed by atoms with Gasteiger partial charge in [-0.2, -0.15) is 0 Å². The fraction of sp³-hybridized carbons (Fsp3) is 0.583. The van der Waals surface area contributed by atoms with Crippen LogP contribution in [0.5, 0.6) is 0 Å². The number of aromatic nitrogens is 1. The standard InChI is InChI=1S/C12H18N2O2/c1-14-6-9(8-15)5-10(7-14)11-3-2-4-12(16)13-11/h2-4,9-10,15H,5-8H2,1H3,(H,13,16)/t9-,10+/m1/s1. The lowest BCUT2D eigenvalue weighted by molar-refractivity contribution is 0.124. The zero-order chi connectivity index (χ0) is 11.5. The van der Waals surface area contributed by atoms with Crippen LogP contribution in [-0.4, -0.2) is 41.7 Å². The van der Waals surface area contributed by atoms with Crippen molar-refractivity contribution in [1.82, 2.24) is 9.88 Å². The predicted octanol–water partition coefficient (Wildman–Crippen LogP) is 0.402. The summed E-state index contributed by atoms with van der Waals surface area (Å²) >= 11 is 0. The van der Waals surface area contributed by atoms with E-state index in [1.807, 2.05) is 6.07 Å². The molecule has 1 aromatic heterocycles. The Balaban J connectivity index is 2.17. The Kier molecular flexibility index (Phi) is 3.41. The van der Waals surface area contributed by atoms with E-state index in [9.17, 15) is 9.90 Å². The number of hydrogen-bond acceptors (Lipinski definition) is 3. The van der Waals surface area contributed by atoms with Crippen LogP contribution in [0.25, 0.3) is 0 Å². The summed E-state index contributed by atoms with van der Waals surface area (Å²) in [6, 6.07) is 5.27. The third-order valence-electron chi connectivity index (χ3n) is 3.21. The molecule has 16 heavy (non-hydrogen) atoms. The van der Waals surface area contributed by atoms with Gasteiger partial charge in [-0.15, -0.1) is 0 Å². The molecule has 1 fully saturated rings. The van der Waals surface area contributed by atoms with Crippen molar-refractivity contribution >= 4 is 0 Å². The van der Waals surface area contributed by atoms with Gasteiger partial charge in [-0.25, -0.2) is 0 Å². The number of nitrogens with zero attached hydrogens (tertiary/aromatic N) is 1. The van der Waals surface area contributed by atoms with Gasteiger partial charge >= 0.3 is 0 Å². The lowest BCUT2D eigenvalue weighted by atomic mass is 9.87. The molecule has 2 atom stereocenters. The van der Waals surface area contributed by atoms with Gasteiger partial charge in [0.1, 0.15) is 0 Å². The van der Waals surface area contributed by atoms with E-state index >= 15 is 0 Å². The molecule has 2 N–H and O–H groups in total. The van der Waals surface area contributed by atoms with E-state index < -0.39 is 0 Å². The van der Waals surface area contributed by atoms with Crippen LogP contribution in [0, 0.1) is 5.92 Å². The van der Waals surface area contributed by atoms with Crippen molar-refractivity contribution < 1.29 is 5.11 Å². The number of rotatable bonds is 2. The molecular weight excluding hydrogens is 204 g/mol. The van der Waals surface area contributed by atoms with Crippen molar-refractivity contribution in [3.05, 3.63) is 34.2 Å². The van der Waals surface area contributed by atoms with Crippen molar-refractivity contribution in [1.29, 1.82) is 0 Å². The molecule has 88 valence electrons. The predicted molar refractivity (Wildman–Crippen MR) is 62.5 cm³/mol. The van der Waals surface area contributed by atoms with Crippen LogP contribution in [-0.2, 0) is 0 Å². The molecule has 0 bridgehead atoms. The molecule has 4 nitrogen and oxygen atoms in total. The lowest BCUT2D eigenvalue weighted by Crippen LogP contribution is -2.38. The number of pyridine rings is 1. The number of hydrogen-bond donors (Lipinski definition) is 2. The summed E-state index contributed by atoms with van der Waals surface area (Å²) in [7, 11) is 2.05. The Hall–Kier alpha value is -1.13. The van der Waals surface area contributed by atoms with E-state index in [-0.39, 0.29) is 12.2 Å². The Morgan fingerprint density at radius 3 is 3.00 bits per heavy atom. The summed E-state index contributed by atoms with van der Waals surface area (Å²) in [5.74, 6) is 0.636. The third kappa shape index (κ3) is 2.51. The Labute approximate surface area is 94.9 Å². The van der Waals surface area contributed by atoms with Crippen LogP contribution in [0.3, 0.4) is 0 Å². The second-order valence-electron chi connectivity index (χ2n) is 4.67. The van der Waals surface area contributed by atoms with Crippen molar-refractivity contribution in [2.24, 2.45) is 5.92 Å². The number of aliphatic hydroxyl groups is 1. The number of H-pyrrole nitrogens is 1. The van der Waals surface area contributed by atoms with Crippen LogP contribution in [0.2, 0.25) is 0 Å². The Bertz CT molecular complexity index is 402. The second kappa shape index (κ2) is 4.80. The Morgan fingerprint density at radius 2 is 2.31 bits per heavy atom. The first-order valence-corrected chi connectivity index (χ1v) is 5.67. The highest BCUT2D eigenvalue weighted by Gasteiger charge is 2.26. The van der Waals surface area contributed by atoms with Crippen LogP contribution in [0.15, 0.2) is 23.0 Å². The molecule has 0 unspecified atom stereocenters. The van der Waals surface area contributed by atoms with Gasteiger partial charge in [-0.3, -0.25) is 4.79 Å². The summed E-state index contributed by atoms with van der Waals surface area (Å²) in [6.45, 7) is 2.10. The van der Waals surface area contributed by atoms with E-state index in [4.69, 9.17) is 0 Å². The first-order valence-electron chi connectivity index (χ1n) is 5.67. The van der Waals surface area contributed by atoms with Crippen LogP contribution in [0.4, 0.5) is 0 Å². The second-order valence-corrected chi connectivity index (χ2v) is 4.67. The molecular formula is C12H18N2O2. The van der Waals surface area contributed by atoms with Crippen molar-refractivity contribution in [2.75, 3.05) is 26.7 Å². The van der Waals surface area contributed by atoms with E-state index in [0.29, 0.717) is 11.8 Å². The summed E-state index contributed by atoms with van der Waals surface area (Å²) < 4.78 is 0. The van der Waals surface area contributed by atoms with Gasteiger partial charge in [0, 0.05) is 37.4 Å². The van der Waals surface area contributed by atoms with E-state index in [2.05, 4.69) is 16.9 Å². The summed E-state index contributed by atoms with van der Waals surface area (Å²) in [5.41, 5.74) is 0.934. The van der Waals surface area contributed by atoms with Crippen LogP contribution in [0.1, 0.15) is 18.0 Å². The highest BCUT2D eigenvalue weighted by Crippen LogP contribution is 2.27. The van der Waals surface area contributed by atoms with Gasteiger partial charge in [-0.05, 0) is 25.5 Å². The van der Waals surface area contributed by atoms with Gasteiger partial charge < -0.3 is 15.0 Å². The van der Waals surface area contributed by atoms with E-state index in [1.54, 1.807) is 6.07 Å². The highest BCUT2D eigenvalue weighted by atomic mass is 16.3. The normalized spacial score (nSPS) is 26.9. The maximum Gasteiger partial charge on any atom is 0.248 e. The molecule has 1 aliphatic heterocycles. The molecule has 0 radical (unpaired) electrons. The topological polar surface area (TPSA) is 56.3 Å². The third-order valence-corrected chi connectivity index (χ3v) is 3.21. The summed E-state index contributed by atoms with van der Waals surface area (Å²) in [5, 5.41) is 9.23. The SMILES string of the molecule is CN1C[C@H](CO)C[C@H](c2cccc(=O)[nH]2)C1. The maximum absolute atomic E-state index is 11.2. The average Bonchev–Trinajstić information content (AvgIpc) is 2.28. The molecule has 0 spiro atoms. The van der Waals surface area contributed by atoms with Gasteiger partial charge in [0.25, 0.3) is 0 Å². The van der Waals surface area contributed by atoms with E-state index in [0.717, 1.165) is 25.2 Å². The maximum atomic E-state index is 11.2. The molecule has 0 aromatic carbocycles. The molecule has 0 saturated carbocycles. The molecule has 0 aliphatic carbocycles. The molecule has 2 rings (SSSR count). The number of likely N-dealkylation sites (N-methyl/N-ethyl adjacent to an activating group) is 1. The van der Waals surface area contributed by atoms with E-state index in [1.165, 1.54) is 6.07 Å². The zero-order valence-corrected chi connectivity index (χ0v) is 9.52. The molecule has 1 aliphatic rings. The first kappa shape index (κ1) is 11.4. The first-order chi connectivity index (χ1) is 7.69. The minimum atomic E-state index is -0.0497. The van der Waals surface area contributed by atoms with Crippen molar-refractivity contribution in [3.63, 3.8) is 0 Å². The van der Waals surface area contributed by atoms with Gasteiger partial charge in [0.15, 0.2) is 0 Å². The summed E-state index contributed by atoms with van der Waals surface area (Å²) in [4.78, 5) is 16.3. The molecule has 0 amide bonds. The minimum absolute atomic E-state index is 0.0497. The van der Waals surface area contributed by atoms with Gasteiger partial charge in [0.05, 0.1) is 0 Å². The van der Waals surface area contributed by atoms with Crippen molar-refractivity contribution in [3.8, 4) is 0 Å². The van der Waals surface area contributed by atoms with Gasteiger partial charge in [0.2, 0.25) is 5.56 Å². The zero-order valence-electron chi connectivity index (χ0n) is 9.52. The number of aromatic amines is 1. The van der Waals surface area contributed by atoms with Crippen LogP contribution >= 0.6 is 0 Å². The van der Waals surface area contributed by atoms with Crippen molar-refractivity contribution in [2.45, 2.75) is 12.3 Å². The Morgan fingerprint density at radius 1 is 1.50 bits per heavy atom. The average molecular weight is 222 g/mol. The smallest absolute Gasteiger partial charge is 0.248 e. The molecule has 2 heterocycles. The van der Waals surface area contributed by atoms with Crippen LogP contribution < -0.4 is 5.56 Å². The summed E-state index contributed by atoms with van der Waals surface area (Å²) in [6.07, 6.45) is 0.945. The fourth-order valence-corrected chi connectivity index (χ4v) is 2.50. The fourth-order valence-electron chi connectivity index (χ4n) is 2.50. The highest BCUT2D eigenvalue weighted by molar-refractivity contribution is 5.11. The minimum Gasteiger partial charge on any atom is -0.396 e. The number of likely N-dealkylation sites (tertiary alicyclic amines) is 1. The number of piperidine rings is 1. The number of nitrogens with one attached hydrogen (secondary N) is 1. The molecule has 1 aromatic rings. The lowest BCUT2D eigenvalue weighted by Gasteiger charge is -2.34. The molecule has 1 saturated heterocycles. The van der Waals surface area contributed by atoms with Gasteiger partial charge in [-0.1, -0.05) is 6.07 Å². The molecule has 4 heteroatoms. The largest absolute Gasteiger partial charge is 0.396 e. The number of aliphatic hydroxyl groups excluding tert-OH is 1.